The topological polar surface area (TPSA) is 0 Å². The molecule has 0 radical (unpaired) electrons. The number of aryl methyl sites for hydroxylation is 1. The van der Waals surface area contributed by atoms with Crippen LogP contribution in [0.25, 0.3) is 0 Å². The number of rotatable bonds is 3. The number of hydrogen-bond acceptors (Lipinski definition) is 0. The molecular formula is C23H28F6. The molecule has 3 rings (SSSR count). The number of hydrogen-bond donors (Lipinski definition) is 0. The Morgan fingerprint density at radius 2 is 1.34 bits per heavy atom. The van der Waals surface area contributed by atoms with E-state index in [2.05, 4.69) is 12.1 Å². The molecular weight excluding hydrogens is 390 g/mol. The van der Waals surface area contributed by atoms with Crippen molar-refractivity contribution in [1.82, 2.24) is 0 Å². The minimum Gasteiger partial charge on any atom is -0.166 e. The molecule has 0 N–H and O–H groups in total. The van der Waals surface area contributed by atoms with Crippen LogP contribution in [0.4, 0.5) is 26.3 Å². The van der Waals surface area contributed by atoms with Crippen LogP contribution in [0.5, 0.6) is 0 Å². The zero-order chi connectivity index (χ0) is 21.3. The van der Waals surface area contributed by atoms with E-state index < -0.39 is 23.3 Å². The molecule has 0 atom stereocenters. The van der Waals surface area contributed by atoms with Crippen molar-refractivity contribution in [3.8, 4) is 0 Å². The average molecular weight is 418 g/mol. The number of benzene rings is 1. The average Bonchev–Trinajstić information content (AvgIpc) is 2.66. The van der Waals surface area contributed by atoms with E-state index in [1.807, 2.05) is 19.1 Å². The lowest BCUT2D eigenvalue weighted by Gasteiger charge is -2.45. The Balaban J connectivity index is 1.84. The Morgan fingerprint density at radius 1 is 0.828 bits per heavy atom. The van der Waals surface area contributed by atoms with Crippen LogP contribution in [0.3, 0.4) is 0 Å². The Bertz CT molecular complexity index is 680. The molecule has 0 nitrogen and oxygen atoms in total. The third kappa shape index (κ3) is 5.18. The van der Waals surface area contributed by atoms with Crippen LogP contribution in [0.1, 0.15) is 74.8 Å². The van der Waals surface area contributed by atoms with Gasteiger partial charge in [0.25, 0.3) is 0 Å². The standard InChI is InChI=1S/C23H28F6/c1-16-5-7-17(8-6-16)18-9-11-19(12-10-18)21(13-3-2-4-14-21)15-20(22(24,25)26)23(27,28)29/h5-8,15,18-19H,2-4,9-14H2,1H3. The van der Waals surface area contributed by atoms with Crippen LogP contribution in [0.15, 0.2) is 35.9 Å². The van der Waals surface area contributed by atoms with Gasteiger partial charge in [0.2, 0.25) is 0 Å². The normalized spacial score (nSPS) is 25.5. The summed E-state index contributed by atoms with van der Waals surface area (Å²) in [6, 6.07) is 8.27. The van der Waals surface area contributed by atoms with Crippen molar-refractivity contribution < 1.29 is 26.3 Å². The number of alkyl halides is 6. The molecule has 0 spiro atoms. The molecule has 2 aliphatic rings. The van der Waals surface area contributed by atoms with Gasteiger partial charge < -0.3 is 0 Å². The highest BCUT2D eigenvalue weighted by atomic mass is 19.4. The van der Waals surface area contributed by atoms with Gasteiger partial charge in [-0.15, -0.1) is 0 Å². The van der Waals surface area contributed by atoms with E-state index in [0.29, 0.717) is 50.5 Å². The first-order chi connectivity index (χ1) is 13.5. The molecule has 2 saturated carbocycles. The second-order valence-electron chi connectivity index (χ2n) is 8.81. The number of allylic oxidation sites excluding steroid dienone is 2. The van der Waals surface area contributed by atoms with Crippen LogP contribution in [0.2, 0.25) is 0 Å². The van der Waals surface area contributed by atoms with E-state index >= 15 is 0 Å². The van der Waals surface area contributed by atoms with Gasteiger partial charge in [0, 0.05) is 0 Å². The van der Waals surface area contributed by atoms with Gasteiger partial charge in [-0.25, -0.2) is 0 Å². The summed E-state index contributed by atoms with van der Waals surface area (Å²) >= 11 is 0. The monoisotopic (exact) mass is 418 g/mol. The van der Waals surface area contributed by atoms with Crippen LogP contribution in [-0.2, 0) is 0 Å². The predicted molar refractivity (Wildman–Crippen MR) is 102 cm³/mol. The molecule has 29 heavy (non-hydrogen) atoms. The Kier molecular flexibility index (Phi) is 6.40. The molecule has 0 saturated heterocycles. The minimum atomic E-state index is -5.37. The van der Waals surface area contributed by atoms with Crippen LogP contribution < -0.4 is 0 Å². The Morgan fingerprint density at radius 3 is 1.83 bits per heavy atom. The molecule has 0 heterocycles. The summed E-state index contributed by atoms with van der Waals surface area (Å²) in [6.45, 7) is 2.01. The van der Waals surface area contributed by atoms with Crippen molar-refractivity contribution in [2.75, 3.05) is 0 Å². The second-order valence-corrected chi connectivity index (χ2v) is 8.81. The molecule has 162 valence electrons. The van der Waals surface area contributed by atoms with Crippen molar-refractivity contribution in [2.45, 2.75) is 83.0 Å². The molecule has 1 aromatic rings. The molecule has 0 bridgehead atoms. The molecule has 2 fully saturated rings. The van der Waals surface area contributed by atoms with E-state index in [9.17, 15) is 26.3 Å². The molecule has 0 amide bonds. The predicted octanol–water partition coefficient (Wildman–Crippen LogP) is 8.27. The van der Waals surface area contributed by atoms with E-state index in [4.69, 9.17) is 0 Å². The van der Waals surface area contributed by atoms with Crippen LogP contribution in [0, 0.1) is 18.3 Å². The van der Waals surface area contributed by atoms with E-state index in [1.165, 1.54) is 11.1 Å². The third-order valence-electron chi connectivity index (χ3n) is 6.92. The van der Waals surface area contributed by atoms with Gasteiger partial charge in [-0.3, -0.25) is 0 Å². The fraction of sp³-hybridized carbons (Fsp3) is 0.652. The Labute approximate surface area is 168 Å². The summed E-state index contributed by atoms with van der Waals surface area (Å²) in [6.07, 6.45) is -4.07. The summed E-state index contributed by atoms with van der Waals surface area (Å²) < 4.78 is 79.4. The van der Waals surface area contributed by atoms with Crippen molar-refractivity contribution in [3.63, 3.8) is 0 Å². The van der Waals surface area contributed by atoms with E-state index in [0.717, 1.165) is 19.3 Å². The largest absolute Gasteiger partial charge is 0.421 e. The maximum absolute atomic E-state index is 13.2. The summed E-state index contributed by atoms with van der Waals surface area (Å²) in [5.74, 6) is 0.213. The zero-order valence-electron chi connectivity index (χ0n) is 16.7. The second kappa shape index (κ2) is 8.35. The zero-order valence-corrected chi connectivity index (χ0v) is 16.7. The third-order valence-corrected chi connectivity index (χ3v) is 6.92. The smallest absolute Gasteiger partial charge is 0.166 e. The lowest BCUT2D eigenvalue weighted by Crippen LogP contribution is -2.37. The van der Waals surface area contributed by atoms with E-state index in [1.54, 1.807) is 0 Å². The molecule has 0 unspecified atom stereocenters. The van der Waals surface area contributed by atoms with Crippen molar-refractivity contribution >= 4 is 0 Å². The van der Waals surface area contributed by atoms with Gasteiger partial charge >= 0.3 is 12.4 Å². The minimum absolute atomic E-state index is 0.121. The fourth-order valence-corrected chi connectivity index (χ4v) is 5.33. The highest BCUT2D eigenvalue weighted by Crippen LogP contribution is 2.54. The summed E-state index contributed by atoms with van der Waals surface area (Å²) in [4.78, 5) is 0. The van der Waals surface area contributed by atoms with Crippen LogP contribution >= 0.6 is 0 Å². The summed E-state index contributed by atoms with van der Waals surface area (Å²) in [5.41, 5.74) is -0.918. The molecule has 6 heteroatoms. The van der Waals surface area contributed by atoms with Crippen molar-refractivity contribution in [3.05, 3.63) is 47.0 Å². The first-order valence-electron chi connectivity index (χ1n) is 10.5. The SMILES string of the molecule is Cc1ccc(C2CCC(C3(C=C(C(F)(F)F)C(F)(F)F)CCCCC3)CC2)cc1. The fourth-order valence-electron chi connectivity index (χ4n) is 5.33. The lowest BCUT2D eigenvalue weighted by atomic mass is 9.59. The van der Waals surface area contributed by atoms with Gasteiger partial charge in [-0.2, -0.15) is 26.3 Å². The number of halogens is 6. The van der Waals surface area contributed by atoms with Crippen molar-refractivity contribution in [2.24, 2.45) is 11.3 Å². The molecule has 0 aliphatic heterocycles. The summed E-state index contributed by atoms with van der Waals surface area (Å²) in [7, 11) is 0. The molecule has 2 aliphatic carbocycles. The highest BCUT2D eigenvalue weighted by molar-refractivity contribution is 5.26. The lowest BCUT2D eigenvalue weighted by molar-refractivity contribution is -0.173. The Hall–Kier alpha value is -1.46. The van der Waals surface area contributed by atoms with Gasteiger partial charge in [0.05, 0.1) is 0 Å². The highest BCUT2D eigenvalue weighted by Gasteiger charge is 2.53. The van der Waals surface area contributed by atoms with Gasteiger partial charge in [0.15, 0.2) is 0 Å². The first-order valence-corrected chi connectivity index (χ1v) is 10.5. The van der Waals surface area contributed by atoms with Crippen molar-refractivity contribution in [1.29, 1.82) is 0 Å². The maximum Gasteiger partial charge on any atom is 0.421 e. The maximum atomic E-state index is 13.2. The van der Waals surface area contributed by atoms with Gasteiger partial charge in [-0.05, 0) is 68.3 Å². The molecule has 1 aromatic carbocycles. The van der Waals surface area contributed by atoms with Crippen LogP contribution in [-0.4, -0.2) is 12.4 Å². The first kappa shape index (κ1) is 22.2. The van der Waals surface area contributed by atoms with E-state index in [-0.39, 0.29) is 5.92 Å². The van der Waals surface area contributed by atoms with Gasteiger partial charge in [0.1, 0.15) is 5.57 Å². The quantitative estimate of drug-likeness (QED) is 0.342. The van der Waals surface area contributed by atoms with Gasteiger partial charge in [-0.1, -0.05) is 55.2 Å². The molecule has 0 aromatic heterocycles. The summed E-state index contributed by atoms with van der Waals surface area (Å²) in [5, 5.41) is 0.